The molecular weight excluding hydrogens is 372 g/mol. The molecule has 0 amide bonds. The van der Waals surface area contributed by atoms with Gasteiger partial charge in [-0.3, -0.25) is 4.90 Å². The van der Waals surface area contributed by atoms with Gasteiger partial charge in [-0.15, -0.1) is 0 Å². The van der Waals surface area contributed by atoms with Gasteiger partial charge in [-0.1, -0.05) is 24.6 Å². The number of hydrogen-bond acceptors (Lipinski definition) is 4. The summed E-state index contributed by atoms with van der Waals surface area (Å²) in [6, 6.07) is 6.12. The number of phenolic OH excluding ortho intramolecular Hbond substituents is 1. The molecule has 1 aromatic carbocycles. The lowest BCUT2D eigenvalue weighted by Gasteiger charge is -2.49. The molecule has 0 bridgehead atoms. The van der Waals surface area contributed by atoms with E-state index in [0.717, 1.165) is 64.2 Å². The summed E-state index contributed by atoms with van der Waals surface area (Å²) in [4.78, 5) is 2.50. The summed E-state index contributed by atoms with van der Waals surface area (Å²) < 4.78 is 6.03. The van der Waals surface area contributed by atoms with Crippen molar-refractivity contribution in [3.8, 4) is 5.75 Å². The Balaban J connectivity index is 1.20. The monoisotopic (exact) mass is 410 g/mol. The molecule has 0 spiro atoms. The van der Waals surface area contributed by atoms with Crippen LogP contribution < -0.4 is 5.32 Å². The Bertz CT molecular complexity index is 785. The van der Waals surface area contributed by atoms with E-state index in [2.05, 4.69) is 29.3 Å². The van der Waals surface area contributed by atoms with Crippen molar-refractivity contribution in [3.63, 3.8) is 0 Å². The van der Waals surface area contributed by atoms with Crippen LogP contribution in [0.25, 0.3) is 0 Å². The number of fused-ring (bicyclic) bond motifs is 5. The average Bonchev–Trinajstić information content (AvgIpc) is 3.10. The molecule has 1 saturated heterocycles. The van der Waals surface area contributed by atoms with E-state index in [1.165, 1.54) is 43.2 Å². The minimum Gasteiger partial charge on any atom is -0.508 e. The van der Waals surface area contributed by atoms with E-state index < -0.39 is 0 Å². The zero-order chi connectivity index (χ0) is 20.6. The predicted octanol–water partition coefficient (Wildman–Crippen LogP) is 4.10. The zero-order valence-electron chi connectivity index (χ0n) is 18.5. The molecule has 3 aliphatic carbocycles. The lowest BCUT2D eigenvalue weighted by molar-refractivity contribution is 0.0797. The molecule has 0 radical (unpaired) electrons. The van der Waals surface area contributed by atoms with E-state index in [1.54, 1.807) is 5.57 Å². The summed E-state index contributed by atoms with van der Waals surface area (Å²) in [5, 5.41) is 13.3. The molecule has 30 heavy (non-hydrogen) atoms. The summed E-state index contributed by atoms with van der Waals surface area (Å²) in [5.74, 6) is 2.74. The van der Waals surface area contributed by atoms with E-state index in [4.69, 9.17) is 4.74 Å². The first-order chi connectivity index (χ1) is 14.6. The van der Waals surface area contributed by atoms with Crippen LogP contribution in [-0.2, 0) is 11.2 Å². The smallest absolute Gasteiger partial charge is 0.115 e. The SMILES string of the molecule is CC12CCC3c4ccc(O)cc4CCC3C1CC/C2=C\COCCN1CCNCC1. The number of nitrogens with zero attached hydrogens (tertiary/aromatic N) is 1. The van der Waals surface area contributed by atoms with E-state index in [-0.39, 0.29) is 0 Å². The number of aromatic hydroxyl groups is 1. The van der Waals surface area contributed by atoms with Gasteiger partial charge in [0.05, 0.1) is 13.2 Å². The number of aryl methyl sites for hydroxylation is 1. The highest BCUT2D eigenvalue weighted by molar-refractivity contribution is 5.40. The van der Waals surface area contributed by atoms with Crippen molar-refractivity contribution in [2.75, 3.05) is 45.9 Å². The van der Waals surface area contributed by atoms with Crippen LogP contribution in [0.15, 0.2) is 29.8 Å². The Morgan fingerprint density at radius 3 is 2.93 bits per heavy atom. The normalized spacial score (nSPS) is 35.1. The highest BCUT2D eigenvalue weighted by atomic mass is 16.5. The lowest BCUT2D eigenvalue weighted by Crippen LogP contribution is -2.44. The molecule has 4 atom stereocenters. The molecule has 2 N–H and O–H groups in total. The predicted molar refractivity (Wildman–Crippen MR) is 121 cm³/mol. The molecule has 4 nitrogen and oxygen atoms in total. The fourth-order valence-electron chi connectivity index (χ4n) is 7.12. The Kier molecular flexibility index (Phi) is 5.92. The minimum absolute atomic E-state index is 0.373. The van der Waals surface area contributed by atoms with Gasteiger partial charge in [0.2, 0.25) is 0 Å². The molecule has 4 heteroatoms. The summed E-state index contributed by atoms with van der Waals surface area (Å²) in [6.45, 7) is 9.74. The molecule has 1 aromatic rings. The Labute approximate surface area is 181 Å². The molecule has 2 saturated carbocycles. The van der Waals surface area contributed by atoms with Gasteiger partial charge in [-0.2, -0.15) is 0 Å². The van der Waals surface area contributed by atoms with Crippen LogP contribution in [0.1, 0.15) is 56.1 Å². The highest BCUT2D eigenvalue weighted by Gasteiger charge is 2.52. The number of nitrogens with one attached hydrogen (secondary N) is 1. The summed E-state index contributed by atoms with van der Waals surface area (Å²) >= 11 is 0. The van der Waals surface area contributed by atoms with Crippen LogP contribution in [0.3, 0.4) is 0 Å². The van der Waals surface area contributed by atoms with E-state index in [1.807, 2.05) is 12.1 Å². The lowest BCUT2D eigenvalue weighted by atomic mass is 9.55. The number of allylic oxidation sites excluding steroid dienone is 1. The number of phenols is 1. The molecular formula is C26H38N2O2. The first-order valence-corrected chi connectivity index (χ1v) is 12.2. The molecule has 164 valence electrons. The van der Waals surface area contributed by atoms with Crippen LogP contribution in [0, 0.1) is 17.3 Å². The van der Waals surface area contributed by atoms with E-state index >= 15 is 0 Å². The fourth-order valence-corrected chi connectivity index (χ4v) is 7.12. The summed E-state index contributed by atoms with van der Waals surface area (Å²) in [6.07, 6.45) is 10.0. The topological polar surface area (TPSA) is 44.7 Å². The maximum absolute atomic E-state index is 9.88. The van der Waals surface area contributed by atoms with Crippen molar-refractivity contribution in [1.82, 2.24) is 10.2 Å². The highest BCUT2D eigenvalue weighted by Crippen LogP contribution is 2.62. The van der Waals surface area contributed by atoms with Gasteiger partial charge >= 0.3 is 0 Å². The van der Waals surface area contributed by atoms with Crippen LogP contribution >= 0.6 is 0 Å². The third-order valence-electron chi connectivity index (χ3n) is 8.77. The molecule has 1 aliphatic heterocycles. The molecule has 4 aliphatic rings. The van der Waals surface area contributed by atoms with Crippen LogP contribution in [0.4, 0.5) is 0 Å². The fraction of sp³-hybridized carbons (Fsp3) is 0.692. The second kappa shape index (κ2) is 8.64. The number of piperazine rings is 1. The van der Waals surface area contributed by atoms with Gasteiger partial charge in [0.1, 0.15) is 5.75 Å². The van der Waals surface area contributed by atoms with Gasteiger partial charge in [0, 0.05) is 32.7 Å². The first kappa shape index (κ1) is 20.5. The first-order valence-electron chi connectivity index (χ1n) is 12.2. The number of rotatable bonds is 5. The third kappa shape index (κ3) is 3.83. The zero-order valence-corrected chi connectivity index (χ0v) is 18.5. The van der Waals surface area contributed by atoms with E-state index in [9.17, 15) is 5.11 Å². The third-order valence-corrected chi connectivity index (χ3v) is 8.77. The quantitative estimate of drug-likeness (QED) is 0.567. The summed E-state index contributed by atoms with van der Waals surface area (Å²) in [5.41, 5.74) is 4.97. The minimum atomic E-state index is 0.373. The van der Waals surface area contributed by atoms with Crippen LogP contribution in [0.5, 0.6) is 5.75 Å². The Morgan fingerprint density at radius 2 is 2.07 bits per heavy atom. The molecule has 1 heterocycles. The van der Waals surface area contributed by atoms with E-state index in [0.29, 0.717) is 17.1 Å². The van der Waals surface area contributed by atoms with Gasteiger partial charge in [0.25, 0.3) is 0 Å². The maximum Gasteiger partial charge on any atom is 0.115 e. The molecule has 4 unspecified atom stereocenters. The van der Waals surface area contributed by atoms with Crippen LogP contribution in [0.2, 0.25) is 0 Å². The molecule has 3 fully saturated rings. The van der Waals surface area contributed by atoms with Crippen molar-refractivity contribution in [2.45, 2.75) is 51.4 Å². The molecule has 0 aromatic heterocycles. The van der Waals surface area contributed by atoms with Crippen molar-refractivity contribution in [1.29, 1.82) is 0 Å². The van der Waals surface area contributed by atoms with Gasteiger partial charge in [-0.25, -0.2) is 0 Å². The summed E-state index contributed by atoms with van der Waals surface area (Å²) in [7, 11) is 0. The van der Waals surface area contributed by atoms with Gasteiger partial charge < -0.3 is 15.2 Å². The maximum atomic E-state index is 9.88. The Morgan fingerprint density at radius 1 is 1.20 bits per heavy atom. The number of benzene rings is 1. The standard InChI is InChI=1S/C26H38N2O2/c1-26-10-8-23-22-6-4-21(29)18-19(22)2-5-24(23)25(26)7-3-20(26)9-16-30-17-15-28-13-11-27-12-14-28/h4,6,9,18,23-25,27,29H,2-3,5,7-8,10-17H2,1H3/b20-9+. The second-order valence-electron chi connectivity index (χ2n) is 10.2. The average molecular weight is 411 g/mol. The number of hydrogen-bond donors (Lipinski definition) is 2. The molecule has 5 rings (SSSR count). The van der Waals surface area contributed by atoms with Crippen molar-refractivity contribution < 1.29 is 9.84 Å². The second-order valence-corrected chi connectivity index (χ2v) is 10.2. The van der Waals surface area contributed by atoms with Crippen molar-refractivity contribution in [2.24, 2.45) is 17.3 Å². The van der Waals surface area contributed by atoms with Gasteiger partial charge in [0.15, 0.2) is 0 Å². The van der Waals surface area contributed by atoms with Crippen molar-refractivity contribution >= 4 is 0 Å². The largest absolute Gasteiger partial charge is 0.508 e. The van der Waals surface area contributed by atoms with Crippen molar-refractivity contribution in [3.05, 3.63) is 41.0 Å². The van der Waals surface area contributed by atoms with Crippen LogP contribution in [-0.4, -0.2) is 55.9 Å². The Hall–Kier alpha value is -1.36. The van der Waals surface area contributed by atoms with Gasteiger partial charge in [-0.05, 0) is 85.0 Å². The number of ether oxygens (including phenoxy) is 1.